The maximum absolute atomic E-state index is 6.06. The molecule has 3 nitrogen and oxygen atoms in total. The molecule has 0 atom stereocenters. The summed E-state index contributed by atoms with van der Waals surface area (Å²) in [6.45, 7) is 7.12. The van der Waals surface area contributed by atoms with Crippen LogP contribution in [0.4, 0.5) is 5.69 Å². The zero-order valence-corrected chi connectivity index (χ0v) is 13.6. The van der Waals surface area contributed by atoms with Crippen molar-refractivity contribution in [2.45, 2.75) is 32.9 Å². The van der Waals surface area contributed by atoms with Gasteiger partial charge in [0.05, 0.1) is 16.8 Å². The SMILES string of the molecule is CC(C)(C)n1cc(CNc2ccc(Br)c(Cl)c2)cn1. The van der Waals surface area contributed by atoms with Crippen LogP contribution in [0.1, 0.15) is 26.3 Å². The Morgan fingerprint density at radius 3 is 2.68 bits per heavy atom. The minimum Gasteiger partial charge on any atom is -0.381 e. The van der Waals surface area contributed by atoms with Gasteiger partial charge >= 0.3 is 0 Å². The molecule has 19 heavy (non-hydrogen) atoms. The first-order chi connectivity index (χ1) is 8.86. The van der Waals surface area contributed by atoms with Gasteiger partial charge in [-0.05, 0) is 54.9 Å². The fraction of sp³-hybridized carbons (Fsp3) is 0.357. The Kier molecular flexibility index (Phi) is 4.21. The number of nitrogens with zero attached hydrogens (tertiary/aromatic N) is 2. The molecule has 0 saturated heterocycles. The first-order valence-electron chi connectivity index (χ1n) is 6.09. The van der Waals surface area contributed by atoms with Gasteiger partial charge in [-0.25, -0.2) is 0 Å². The second-order valence-corrected chi connectivity index (χ2v) is 6.71. The van der Waals surface area contributed by atoms with E-state index in [1.807, 2.05) is 29.1 Å². The molecule has 102 valence electrons. The summed E-state index contributed by atoms with van der Waals surface area (Å²) in [5, 5.41) is 8.41. The summed E-state index contributed by atoms with van der Waals surface area (Å²) in [5.41, 5.74) is 2.16. The van der Waals surface area contributed by atoms with Gasteiger partial charge in [-0.3, -0.25) is 4.68 Å². The molecule has 0 aliphatic heterocycles. The Hall–Kier alpha value is -1.00. The molecule has 5 heteroatoms. The maximum atomic E-state index is 6.06. The van der Waals surface area contributed by atoms with Gasteiger partial charge < -0.3 is 5.32 Å². The quantitative estimate of drug-likeness (QED) is 0.878. The highest BCUT2D eigenvalue weighted by atomic mass is 79.9. The number of hydrogen-bond acceptors (Lipinski definition) is 2. The monoisotopic (exact) mass is 341 g/mol. The average Bonchev–Trinajstić information content (AvgIpc) is 2.79. The van der Waals surface area contributed by atoms with Crippen molar-refractivity contribution in [2.75, 3.05) is 5.32 Å². The summed E-state index contributed by atoms with van der Waals surface area (Å²) in [6, 6.07) is 5.83. The topological polar surface area (TPSA) is 29.9 Å². The number of anilines is 1. The van der Waals surface area contributed by atoms with Crippen molar-refractivity contribution in [1.82, 2.24) is 9.78 Å². The molecule has 0 radical (unpaired) electrons. The van der Waals surface area contributed by atoms with E-state index in [-0.39, 0.29) is 5.54 Å². The van der Waals surface area contributed by atoms with Crippen LogP contribution in [0.25, 0.3) is 0 Å². The lowest BCUT2D eigenvalue weighted by atomic mass is 10.1. The van der Waals surface area contributed by atoms with Crippen molar-refractivity contribution < 1.29 is 0 Å². The molecular weight excluding hydrogens is 326 g/mol. The van der Waals surface area contributed by atoms with Crippen LogP contribution in [-0.2, 0) is 12.1 Å². The van der Waals surface area contributed by atoms with Crippen LogP contribution in [0.3, 0.4) is 0 Å². The van der Waals surface area contributed by atoms with Gasteiger partial charge in [-0.2, -0.15) is 5.10 Å². The van der Waals surface area contributed by atoms with Crippen LogP contribution in [0.2, 0.25) is 5.02 Å². The second-order valence-electron chi connectivity index (χ2n) is 5.45. The molecule has 1 aromatic heterocycles. The number of nitrogens with one attached hydrogen (secondary N) is 1. The summed E-state index contributed by atoms with van der Waals surface area (Å²) < 4.78 is 2.87. The van der Waals surface area contributed by atoms with Gasteiger partial charge in [-0.15, -0.1) is 0 Å². The lowest BCUT2D eigenvalue weighted by Gasteiger charge is -2.18. The van der Waals surface area contributed by atoms with Crippen molar-refractivity contribution in [3.8, 4) is 0 Å². The van der Waals surface area contributed by atoms with Crippen LogP contribution in [0.15, 0.2) is 35.1 Å². The first-order valence-corrected chi connectivity index (χ1v) is 7.26. The number of halogens is 2. The molecule has 0 fully saturated rings. The number of aromatic nitrogens is 2. The standard InChI is InChI=1S/C14H17BrClN3/c1-14(2,3)19-9-10(8-18-19)7-17-11-4-5-12(15)13(16)6-11/h4-6,8-9,17H,7H2,1-3H3. The molecular formula is C14H17BrClN3. The van der Waals surface area contributed by atoms with Crippen LogP contribution in [-0.4, -0.2) is 9.78 Å². The average molecular weight is 343 g/mol. The van der Waals surface area contributed by atoms with Crippen molar-refractivity contribution in [2.24, 2.45) is 0 Å². The predicted molar refractivity (Wildman–Crippen MR) is 83.7 cm³/mol. The molecule has 0 spiro atoms. The second kappa shape index (κ2) is 5.55. The minimum atomic E-state index is 0.0131. The van der Waals surface area contributed by atoms with Gasteiger partial charge in [0.25, 0.3) is 0 Å². The largest absolute Gasteiger partial charge is 0.381 e. The van der Waals surface area contributed by atoms with E-state index in [1.165, 1.54) is 0 Å². The van der Waals surface area contributed by atoms with Gasteiger partial charge in [-0.1, -0.05) is 11.6 Å². The molecule has 0 unspecified atom stereocenters. The molecule has 0 aliphatic carbocycles. The third-order valence-corrected chi connectivity index (χ3v) is 3.97. The predicted octanol–water partition coefficient (Wildman–Crippen LogP) is 4.67. The number of hydrogen-bond donors (Lipinski definition) is 1. The van der Waals surface area contributed by atoms with Crippen LogP contribution < -0.4 is 5.32 Å². The van der Waals surface area contributed by atoms with Crippen LogP contribution in [0.5, 0.6) is 0 Å². The molecule has 0 aliphatic rings. The Bertz CT molecular complexity index is 572. The highest BCUT2D eigenvalue weighted by Crippen LogP contribution is 2.25. The van der Waals surface area contributed by atoms with Crippen molar-refractivity contribution in [3.05, 3.63) is 45.7 Å². The number of rotatable bonds is 3. The zero-order chi connectivity index (χ0) is 14.0. The molecule has 1 heterocycles. The maximum Gasteiger partial charge on any atom is 0.0568 e. The van der Waals surface area contributed by atoms with Crippen molar-refractivity contribution in [3.63, 3.8) is 0 Å². The van der Waals surface area contributed by atoms with E-state index < -0.39 is 0 Å². The smallest absolute Gasteiger partial charge is 0.0568 e. The molecule has 1 aromatic carbocycles. The fourth-order valence-corrected chi connectivity index (χ4v) is 2.06. The van der Waals surface area contributed by atoms with Gasteiger partial charge in [0, 0.05) is 28.5 Å². The Morgan fingerprint density at radius 2 is 2.11 bits per heavy atom. The summed E-state index contributed by atoms with van der Waals surface area (Å²) >= 11 is 9.43. The first kappa shape index (κ1) is 14.4. The van der Waals surface area contributed by atoms with E-state index in [0.29, 0.717) is 5.02 Å². The fourth-order valence-electron chi connectivity index (χ4n) is 1.63. The lowest BCUT2D eigenvalue weighted by Crippen LogP contribution is -2.21. The molecule has 0 bridgehead atoms. The summed E-state index contributed by atoms with van der Waals surface area (Å²) in [4.78, 5) is 0. The molecule has 1 N–H and O–H groups in total. The Balaban J connectivity index is 2.02. The van der Waals surface area contributed by atoms with Crippen LogP contribution >= 0.6 is 27.5 Å². The molecule has 0 amide bonds. The van der Waals surface area contributed by atoms with Gasteiger partial charge in [0.1, 0.15) is 0 Å². The third kappa shape index (κ3) is 3.74. The van der Waals surface area contributed by atoms with Crippen molar-refractivity contribution >= 4 is 33.2 Å². The van der Waals surface area contributed by atoms with Gasteiger partial charge in [0.15, 0.2) is 0 Å². The highest BCUT2D eigenvalue weighted by molar-refractivity contribution is 9.10. The third-order valence-electron chi connectivity index (χ3n) is 2.74. The van der Waals surface area contributed by atoms with E-state index in [1.54, 1.807) is 0 Å². The molecule has 0 saturated carbocycles. The normalized spacial score (nSPS) is 11.6. The minimum absolute atomic E-state index is 0.0131. The Morgan fingerprint density at radius 1 is 1.37 bits per heavy atom. The molecule has 2 rings (SSSR count). The van der Waals surface area contributed by atoms with E-state index >= 15 is 0 Å². The van der Waals surface area contributed by atoms with E-state index in [4.69, 9.17) is 11.6 Å². The summed E-state index contributed by atoms with van der Waals surface area (Å²) in [6.07, 6.45) is 3.95. The summed E-state index contributed by atoms with van der Waals surface area (Å²) in [5.74, 6) is 0. The molecule has 2 aromatic rings. The van der Waals surface area contributed by atoms with Crippen LogP contribution in [0, 0.1) is 0 Å². The zero-order valence-electron chi connectivity index (χ0n) is 11.2. The van der Waals surface area contributed by atoms with E-state index in [2.05, 4.69) is 53.3 Å². The number of benzene rings is 1. The van der Waals surface area contributed by atoms with E-state index in [9.17, 15) is 0 Å². The summed E-state index contributed by atoms with van der Waals surface area (Å²) in [7, 11) is 0. The highest BCUT2D eigenvalue weighted by Gasteiger charge is 2.13. The lowest BCUT2D eigenvalue weighted by molar-refractivity contribution is 0.355. The Labute approximate surface area is 127 Å². The van der Waals surface area contributed by atoms with Crippen molar-refractivity contribution in [1.29, 1.82) is 0 Å². The van der Waals surface area contributed by atoms with Gasteiger partial charge in [0.2, 0.25) is 0 Å². The van der Waals surface area contributed by atoms with E-state index in [0.717, 1.165) is 22.3 Å².